The number of carboxylic acids is 1. The van der Waals surface area contributed by atoms with E-state index in [9.17, 15) is 19.8 Å². The third-order valence-corrected chi connectivity index (χ3v) is 8.71. The molecule has 0 aromatic heterocycles. The van der Waals surface area contributed by atoms with Gasteiger partial charge in [0.15, 0.2) is 0 Å². The van der Waals surface area contributed by atoms with Crippen LogP contribution in [0.2, 0.25) is 0 Å². The summed E-state index contributed by atoms with van der Waals surface area (Å²) in [6.45, 7) is 7.89. The number of fused-ring (bicyclic) bond motifs is 1. The van der Waals surface area contributed by atoms with Gasteiger partial charge in [0, 0.05) is 16.4 Å². The van der Waals surface area contributed by atoms with E-state index in [0.717, 1.165) is 37.2 Å². The minimum atomic E-state index is -1.37. The van der Waals surface area contributed by atoms with Gasteiger partial charge in [0.1, 0.15) is 10.9 Å². The van der Waals surface area contributed by atoms with Crippen molar-refractivity contribution in [2.45, 2.75) is 32.5 Å². The molecule has 0 radical (unpaired) electrons. The first kappa shape index (κ1) is 23.2. The molecule has 1 N–H and O–H groups in total. The minimum absolute atomic E-state index is 0.0848. The third-order valence-electron chi connectivity index (χ3n) is 6.98. The number of quaternary nitrogens is 1. The Kier molecular flexibility index (Phi) is 6.37. The molecule has 9 heteroatoms. The predicted octanol–water partition coefficient (Wildman–Crippen LogP) is 0.786. The molecule has 2 saturated heterocycles. The molecule has 0 bridgehead atoms. The van der Waals surface area contributed by atoms with Crippen molar-refractivity contribution in [2.75, 3.05) is 33.2 Å². The Labute approximate surface area is 198 Å². The Bertz CT molecular complexity index is 957. The minimum Gasteiger partial charge on any atom is -0.543 e. The summed E-state index contributed by atoms with van der Waals surface area (Å²) in [5.41, 5.74) is 1.23. The highest BCUT2D eigenvalue weighted by Crippen LogP contribution is 2.50. The Morgan fingerprint density at radius 2 is 1.94 bits per heavy atom. The van der Waals surface area contributed by atoms with Gasteiger partial charge < -0.3 is 29.3 Å². The standard InChI is InChI=1S/C23H29N3O4S2/c1-14-18-17(15(2)27)21(28)25(18)19(22(29)30)20(14)32-23(31)24-9-11-26(3,12-10-24)13-16-7-5-4-6-8-16/h4-8,14-15,17-18,27H,9-13H2,1-3H3/t14-,15-,17-,18-/m1/s1. The number of nitrogens with zero attached hydrogens (tertiary/aromatic N) is 3. The van der Waals surface area contributed by atoms with E-state index in [2.05, 4.69) is 36.2 Å². The largest absolute Gasteiger partial charge is 0.543 e. The van der Waals surface area contributed by atoms with Crippen LogP contribution in [0.5, 0.6) is 0 Å². The normalized spacial score (nSPS) is 27.8. The van der Waals surface area contributed by atoms with Crippen molar-refractivity contribution in [1.29, 1.82) is 0 Å². The zero-order valence-corrected chi connectivity index (χ0v) is 20.2. The number of likely N-dealkylation sites (N-methyl/N-ethyl adjacent to an activating group) is 1. The number of benzene rings is 1. The monoisotopic (exact) mass is 475 g/mol. The molecule has 1 amide bonds. The number of aliphatic carboxylic acids is 1. The van der Waals surface area contributed by atoms with Gasteiger partial charge in [-0.1, -0.05) is 61.2 Å². The number of carbonyl (C=O) groups excluding carboxylic acids is 2. The number of hydrogen-bond acceptors (Lipinski definition) is 6. The van der Waals surface area contributed by atoms with Gasteiger partial charge in [-0.2, -0.15) is 0 Å². The number of thioether (sulfide) groups is 1. The maximum absolute atomic E-state index is 12.5. The molecule has 3 aliphatic heterocycles. The van der Waals surface area contributed by atoms with Gasteiger partial charge in [0.25, 0.3) is 0 Å². The summed E-state index contributed by atoms with van der Waals surface area (Å²) in [5.74, 6) is -2.53. The molecular weight excluding hydrogens is 446 g/mol. The number of aliphatic hydroxyl groups is 1. The number of hydrogen-bond donors (Lipinski definition) is 1. The van der Waals surface area contributed by atoms with Gasteiger partial charge in [-0.3, -0.25) is 4.79 Å². The molecule has 3 aliphatic rings. The van der Waals surface area contributed by atoms with E-state index < -0.39 is 18.0 Å². The first-order valence-electron chi connectivity index (χ1n) is 10.9. The average molecular weight is 476 g/mol. The Morgan fingerprint density at radius 1 is 1.31 bits per heavy atom. The number of carboxylic acid groups (broad SMARTS) is 1. The van der Waals surface area contributed by atoms with E-state index in [4.69, 9.17) is 12.2 Å². The van der Waals surface area contributed by atoms with E-state index in [-0.39, 0.29) is 23.6 Å². The summed E-state index contributed by atoms with van der Waals surface area (Å²) < 4.78 is 1.55. The lowest BCUT2D eigenvalue weighted by atomic mass is 9.79. The second-order valence-corrected chi connectivity index (χ2v) is 11.0. The lowest BCUT2D eigenvalue weighted by Crippen LogP contribution is -2.64. The van der Waals surface area contributed by atoms with Crippen molar-refractivity contribution in [2.24, 2.45) is 11.8 Å². The second-order valence-electron chi connectivity index (χ2n) is 9.32. The van der Waals surface area contributed by atoms with E-state index >= 15 is 0 Å². The van der Waals surface area contributed by atoms with Gasteiger partial charge in [0.05, 0.1) is 63.0 Å². The highest BCUT2D eigenvalue weighted by atomic mass is 32.2. The van der Waals surface area contributed by atoms with Crippen LogP contribution in [0.4, 0.5) is 0 Å². The number of aliphatic hydroxyl groups excluding tert-OH is 1. The van der Waals surface area contributed by atoms with Crippen LogP contribution in [0.15, 0.2) is 40.9 Å². The topological polar surface area (TPSA) is 83.9 Å². The molecule has 3 heterocycles. The molecule has 1 aromatic carbocycles. The zero-order chi connectivity index (χ0) is 23.2. The number of amides is 1. The molecule has 172 valence electrons. The lowest BCUT2D eigenvalue weighted by Gasteiger charge is -2.47. The quantitative estimate of drug-likeness (QED) is 0.383. The van der Waals surface area contributed by atoms with Crippen LogP contribution in [0.25, 0.3) is 0 Å². The second kappa shape index (κ2) is 8.78. The van der Waals surface area contributed by atoms with Gasteiger partial charge >= 0.3 is 0 Å². The van der Waals surface area contributed by atoms with Crippen molar-refractivity contribution in [3.05, 3.63) is 46.5 Å². The molecule has 32 heavy (non-hydrogen) atoms. The summed E-state index contributed by atoms with van der Waals surface area (Å²) in [7, 11) is 2.25. The number of carbonyl (C=O) groups is 2. The van der Waals surface area contributed by atoms with Gasteiger partial charge in [-0.15, -0.1) is 0 Å². The lowest BCUT2D eigenvalue weighted by molar-refractivity contribution is -0.925. The van der Waals surface area contributed by atoms with Crippen LogP contribution < -0.4 is 5.11 Å². The summed E-state index contributed by atoms with van der Waals surface area (Å²) >= 11 is 6.96. The molecule has 7 nitrogen and oxygen atoms in total. The fourth-order valence-corrected chi connectivity index (χ4v) is 6.67. The number of thiocarbonyl (C=S) groups is 1. The highest BCUT2D eigenvalue weighted by Gasteiger charge is 2.58. The summed E-state index contributed by atoms with van der Waals surface area (Å²) in [6.07, 6.45) is -0.826. The number of β-lactam (4-membered cyclic amide) rings is 1. The van der Waals surface area contributed by atoms with Crippen molar-refractivity contribution in [3.8, 4) is 0 Å². The average Bonchev–Trinajstić information content (AvgIpc) is 2.97. The molecule has 4 rings (SSSR count). The zero-order valence-electron chi connectivity index (χ0n) is 18.6. The third kappa shape index (κ3) is 4.07. The summed E-state index contributed by atoms with van der Waals surface area (Å²) in [4.78, 5) is 28.3. The molecule has 4 atom stereocenters. The highest BCUT2D eigenvalue weighted by molar-refractivity contribution is 8.25. The fraction of sp³-hybridized carbons (Fsp3) is 0.522. The van der Waals surface area contributed by atoms with Crippen molar-refractivity contribution < 1.29 is 24.3 Å². The summed E-state index contributed by atoms with van der Waals surface area (Å²) in [5, 5.41) is 21.9. The van der Waals surface area contributed by atoms with Crippen molar-refractivity contribution >= 4 is 40.2 Å². The number of rotatable bonds is 5. The van der Waals surface area contributed by atoms with E-state index in [1.165, 1.54) is 22.2 Å². The molecular formula is C23H29N3O4S2. The van der Waals surface area contributed by atoms with Crippen LogP contribution in [0.3, 0.4) is 0 Å². The van der Waals surface area contributed by atoms with E-state index in [0.29, 0.717) is 9.23 Å². The van der Waals surface area contributed by atoms with E-state index in [1.807, 2.05) is 13.0 Å². The van der Waals surface area contributed by atoms with E-state index in [1.54, 1.807) is 6.92 Å². The van der Waals surface area contributed by atoms with Crippen LogP contribution in [0.1, 0.15) is 19.4 Å². The molecule has 0 spiro atoms. The number of piperazine rings is 1. The molecule has 0 aliphatic carbocycles. The van der Waals surface area contributed by atoms with Crippen LogP contribution in [0, 0.1) is 11.8 Å². The molecule has 0 unspecified atom stereocenters. The van der Waals surface area contributed by atoms with Gasteiger partial charge in [-0.05, 0) is 6.92 Å². The SMILES string of the molecule is C[C@@H](O)[C@H]1C(=O)N2C(C(=O)[O-])=C(SC(=S)N3CC[N+](C)(Cc4ccccc4)CC3)[C@H](C)[C@H]12. The van der Waals surface area contributed by atoms with Crippen molar-refractivity contribution in [3.63, 3.8) is 0 Å². The molecule has 2 fully saturated rings. The van der Waals surface area contributed by atoms with Gasteiger partial charge in [0.2, 0.25) is 5.91 Å². The Balaban J connectivity index is 1.43. The maximum atomic E-state index is 12.5. The first-order chi connectivity index (χ1) is 15.1. The van der Waals surface area contributed by atoms with Crippen LogP contribution in [-0.4, -0.2) is 81.0 Å². The predicted molar refractivity (Wildman–Crippen MR) is 125 cm³/mol. The van der Waals surface area contributed by atoms with Crippen LogP contribution >= 0.6 is 24.0 Å². The maximum Gasteiger partial charge on any atom is 0.235 e. The molecule has 1 aromatic rings. The van der Waals surface area contributed by atoms with Crippen LogP contribution in [-0.2, 0) is 16.1 Å². The van der Waals surface area contributed by atoms with Gasteiger partial charge in [-0.25, -0.2) is 0 Å². The smallest absolute Gasteiger partial charge is 0.235 e. The Morgan fingerprint density at radius 3 is 2.50 bits per heavy atom. The fourth-order valence-electron chi connectivity index (χ4n) is 5.12. The summed E-state index contributed by atoms with van der Waals surface area (Å²) in [6, 6.07) is 10.1. The van der Waals surface area contributed by atoms with Crippen molar-refractivity contribution in [1.82, 2.24) is 9.80 Å². The Hall–Kier alpha value is -1.94. The molecule has 0 saturated carbocycles. The first-order valence-corrected chi connectivity index (χ1v) is 12.2.